The van der Waals surface area contributed by atoms with Crippen molar-refractivity contribution in [1.29, 1.82) is 0 Å². The first-order valence-electron chi connectivity index (χ1n) is 17.3. The molecule has 0 radical (unpaired) electrons. The number of Topliss-reactive ketones (excluding diaryl/α,β-unsaturated/α-hetero) is 1. The molecule has 2 saturated heterocycles. The van der Waals surface area contributed by atoms with Crippen LogP contribution in [-0.2, 0) is 58.8 Å². The van der Waals surface area contributed by atoms with Crippen LogP contribution in [0.4, 0.5) is 0 Å². The average Bonchev–Trinajstić information content (AvgIpc) is 3.34. The summed E-state index contributed by atoms with van der Waals surface area (Å²) in [6.45, 7) is 11.9. The molecule has 2 heterocycles. The fourth-order valence-electron chi connectivity index (χ4n) is 7.02. The lowest BCUT2D eigenvalue weighted by Gasteiger charge is -2.50. The molecule has 0 aliphatic carbocycles. The summed E-state index contributed by atoms with van der Waals surface area (Å²) >= 11 is 0. The van der Waals surface area contributed by atoms with E-state index in [-0.39, 0.29) is 18.3 Å². The number of carbonyl (C=O) groups is 5. The lowest BCUT2D eigenvalue weighted by atomic mass is 9.73. The maximum atomic E-state index is 13.8. The highest BCUT2D eigenvalue weighted by Crippen LogP contribution is 2.56. The summed E-state index contributed by atoms with van der Waals surface area (Å²) in [5.41, 5.74) is -5.30. The quantitative estimate of drug-likeness (QED) is 0.0860. The second kappa shape index (κ2) is 17.7. The van der Waals surface area contributed by atoms with Crippen molar-refractivity contribution < 1.29 is 67.7 Å². The number of hydrogen-bond donors (Lipinski definition) is 3. The van der Waals surface area contributed by atoms with Crippen LogP contribution in [0.2, 0.25) is 0 Å². The molecule has 10 atom stereocenters. The molecule has 288 valence electrons. The summed E-state index contributed by atoms with van der Waals surface area (Å²) in [5, 5.41) is 34.0. The number of hydrogen-bond acceptors (Lipinski definition) is 14. The molecule has 0 amide bonds. The smallest absolute Gasteiger partial charge is 0.346 e. The van der Waals surface area contributed by atoms with E-state index in [1.165, 1.54) is 6.92 Å². The molecule has 3 rings (SSSR count). The zero-order valence-electron chi connectivity index (χ0n) is 30.9. The predicted octanol–water partition coefficient (Wildman–Crippen LogP) is 2.54. The molecule has 1 aromatic carbocycles. The second-order valence-corrected chi connectivity index (χ2v) is 13.8. The SMILES string of the molecule is C=C(CC[C@]12O[C@H](C(=O)CO)[C@@](O)(C(=O)OC)[C@](C(=O)OC)(O1)[C@H](OC(=O)/C=C/[C@@H](C)C[C@@H](C)CC)[C@H]2O)[C@@H](OC(C)=O)[C@H](C)Cc1ccccc1. The van der Waals surface area contributed by atoms with Gasteiger partial charge >= 0.3 is 23.9 Å². The minimum Gasteiger partial charge on any atom is -0.467 e. The fourth-order valence-corrected chi connectivity index (χ4v) is 7.02. The van der Waals surface area contributed by atoms with Crippen LogP contribution in [0.25, 0.3) is 0 Å². The number of rotatable bonds is 18. The van der Waals surface area contributed by atoms with E-state index in [0.717, 1.165) is 38.7 Å². The minimum absolute atomic E-state index is 0.0743. The maximum absolute atomic E-state index is 13.8. The summed E-state index contributed by atoms with van der Waals surface area (Å²) in [6, 6.07) is 9.44. The van der Waals surface area contributed by atoms with Gasteiger partial charge in [0.2, 0.25) is 11.4 Å². The molecule has 0 saturated carbocycles. The summed E-state index contributed by atoms with van der Waals surface area (Å²) in [7, 11) is 1.73. The molecule has 2 aliphatic rings. The second-order valence-electron chi connectivity index (χ2n) is 13.8. The van der Waals surface area contributed by atoms with E-state index < -0.39 is 84.1 Å². The van der Waals surface area contributed by atoms with Crippen LogP contribution in [0.15, 0.2) is 54.6 Å². The number of esters is 4. The van der Waals surface area contributed by atoms with E-state index >= 15 is 0 Å². The number of ether oxygens (including phenoxy) is 6. The number of benzene rings is 1. The van der Waals surface area contributed by atoms with E-state index in [1.807, 2.05) is 51.1 Å². The highest BCUT2D eigenvalue weighted by atomic mass is 16.8. The van der Waals surface area contributed by atoms with Gasteiger partial charge in [-0.1, -0.05) is 77.1 Å². The van der Waals surface area contributed by atoms with Crippen molar-refractivity contribution in [2.75, 3.05) is 20.8 Å². The Morgan fingerprint density at radius 2 is 1.67 bits per heavy atom. The third kappa shape index (κ3) is 8.47. The molecule has 2 fully saturated rings. The average molecular weight is 733 g/mol. The Morgan fingerprint density at radius 1 is 1.04 bits per heavy atom. The molecular formula is C38H52O14. The van der Waals surface area contributed by atoms with E-state index in [2.05, 4.69) is 13.5 Å². The van der Waals surface area contributed by atoms with Gasteiger partial charge in [-0.2, -0.15) is 0 Å². The highest BCUT2D eigenvalue weighted by Gasteiger charge is 2.85. The number of allylic oxidation sites excluding steroid dienone is 1. The van der Waals surface area contributed by atoms with Crippen LogP contribution in [0, 0.1) is 17.8 Å². The molecule has 0 unspecified atom stereocenters. The van der Waals surface area contributed by atoms with Crippen LogP contribution in [0.5, 0.6) is 0 Å². The van der Waals surface area contributed by atoms with Gasteiger partial charge in [-0.3, -0.25) is 9.59 Å². The highest BCUT2D eigenvalue weighted by molar-refractivity contribution is 6.01. The summed E-state index contributed by atoms with van der Waals surface area (Å²) in [4.78, 5) is 66.0. The molecule has 14 heteroatoms. The Hall–Kier alpha value is -3.95. The van der Waals surface area contributed by atoms with Gasteiger partial charge in [-0.15, -0.1) is 0 Å². The number of ketones is 1. The number of carbonyl (C=O) groups excluding carboxylic acids is 5. The molecule has 0 aromatic heterocycles. The summed E-state index contributed by atoms with van der Waals surface area (Å²) in [6.07, 6.45) is -3.42. The maximum Gasteiger partial charge on any atom is 0.346 e. The molecule has 2 bridgehead atoms. The number of fused-ring (bicyclic) bond motifs is 2. The van der Waals surface area contributed by atoms with Gasteiger partial charge in [0.05, 0.1) is 14.2 Å². The lowest BCUT2D eigenvalue weighted by molar-refractivity contribution is -0.372. The largest absolute Gasteiger partial charge is 0.467 e. The van der Waals surface area contributed by atoms with Gasteiger partial charge in [0.25, 0.3) is 5.60 Å². The van der Waals surface area contributed by atoms with Gasteiger partial charge in [-0.05, 0) is 42.2 Å². The van der Waals surface area contributed by atoms with Crippen LogP contribution >= 0.6 is 0 Å². The zero-order valence-corrected chi connectivity index (χ0v) is 30.9. The van der Waals surface area contributed by atoms with Crippen molar-refractivity contribution >= 4 is 29.7 Å². The van der Waals surface area contributed by atoms with Crippen molar-refractivity contribution in [3.05, 3.63) is 60.2 Å². The van der Waals surface area contributed by atoms with E-state index in [0.29, 0.717) is 17.9 Å². The minimum atomic E-state index is -3.45. The fraction of sp³-hybridized carbons (Fsp3) is 0.605. The van der Waals surface area contributed by atoms with Crippen molar-refractivity contribution in [3.8, 4) is 0 Å². The molecule has 52 heavy (non-hydrogen) atoms. The Kier molecular flexibility index (Phi) is 14.5. The van der Waals surface area contributed by atoms with Gasteiger partial charge in [0.1, 0.15) is 18.8 Å². The van der Waals surface area contributed by atoms with Gasteiger partial charge in [-0.25, -0.2) is 14.4 Å². The molecule has 0 spiro atoms. The van der Waals surface area contributed by atoms with Crippen molar-refractivity contribution in [2.24, 2.45) is 17.8 Å². The first-order valence-corrected chi connectivity index (χ1v) is 17.3. The zero-order chi connectivity index (χ0) is 39.0. The molecule has 1 aromatic rings. The Morgan fingerprint density at radius 3 is 2.23 bits per heavy atom. The van der Waals surface area contributed by atoms with E-state index in [9.17, 15) is 39.3 Å². The number of aliphatic hydroxyl groups excluding tert-OH is 2. The lowest BCUT2D eigenvalue weighted by Crippen LogP contribution is -2.78. The van der Waals surface area contributed by atoms with E-state index in [1.54, 1.807) is 6.08 Å². The molecule has 14 nitrogen and oxygen atoms in total. The molecular weight excluding hydrogens is 680 g/mol. The Balaban J connectivity index is 2.10. The number of methoxy groups -OCH3 is 2. The van der Waals surface area contributed by atoms with Crippen molar-refractivity contribution in [1.82, 2.24) is 0 Å². The van der Waals surface area contributed by atoms with E-state index in [4.69, 9.17) is 28.4 Å². The third-order valence-electron chi connectivity index (χ3n) is 9.85. The normalized spacial score (nSPS) is 29.0. The van der Waals surface area contributed by atoms with Crippen molar-refractivity contribution in [2.45, 2.75) is 108 Å². The van der Waals surface area contributed by atoms with Crippen LogP contribution in [-0.4, -0.2) is 107 Å². The predicted molar refractivity (Wildman–Crippen MR) is 184 cm³/mol. The standard InChI is InChI=1S/C38H52O14/c1-9-22(2)19-23(3)15-16-29(42)50-33-31(43)36(18-17-24(4)30(49-26(6)40)25(5)20-27-13-11-10-12-14-27)51-32(28(41)21-39)37(46,34(44)47-7)38(33,52-36)35(45)48-8/h10-16,22-23,25,30-33,39,43,46H,4,9,17-21H2,1-3,5-8H3/b16-15+/t22-,23+,25+,30+,31+,32+,33+,36-,37+,38-/m0/s1. The topological polar surface area (TPSA) is 201 Å². The Labute approximate surface area is 304 Å². The summed E-state index contributed by atoms with van der Waals surface area (Å²) in [5.74, 6) is -8.60. The number of aliphatic hydroxyl groups is 3. The van der Waals surface area contributed by atoms with Gasteiger partial charge in [0.15, 0.2) is 18.0 Å². The van der Waals surface area contributed by atoms with Crippen LogP contribution in [0.1, 0.15) is 65.9 Å². The summed E-state index contributed by atoms with van der Waals surface area (Å²) < 4.78 is 33.0. The monoisotopic (exact) mass is 732 g/mol. The third-order valence-corrected chi connectivity index (χ3v) is 9.85. The van der Waals surface area contributed by atoms with Crippen molar-refractivity contribution in [3.63, 3.8) is 0 Å². The van der Waals surface area contributed by atoms with Crippen LogP contribution in [0.3, 0.4) is 0 Å². The molecule has 3 N–H and O–H groups in total. The first-order chi connectivity index (χ1) is 24.5. The van der Waals surface area contributed by atoms with Crippen LogP contribution < -0.4 is 0 Å². The first kappa shape index (κ1) is 42.5. The molecule has 2 aliphatic heterocycles. The van der Waals surface area contributed by atoms with Gasteiger partial charge in [0, 0.05) is 25.3 Å². The van der Waals surface area contributed by atoms with Gasteiger partial charge < -0.3 is 43.7 Å². The Bertz CT molecular complexity index is 1490.